The molecule has 1 aliphatic carbocycles. The van der Waals surface area contributed by atoms with Gasteiger partial charge < -0.3 is 10.2 Å². The Morgan fingerprint density at radius 1 is 1.43 bits per heavy atom. The van der Waals surface area contributed by atoms with Crippen LogP contribution in [-0.4, -0.2) is 28.8 Å². The zero-order chi connectivity index (χ0) is 15.2. The van der Waals surface area contributed by atoms with Crippen LogP contribution in [0.1, 0.15) is 25.3 Å². The molecule has 1 aliphatic heterocycles. The van der Waals surface area contributed by atoms with E-state index in [1.54, 1.807) is 11.0 Å². The fraction of sp³-hybridized carbons (Fsp3) is 0.467. The van der Waals surface area contributed by atoms with Crippen LogP contribution in [0.3, 0.4) is 0 Å². The minimum atomic E-state index is -0.758. The number of hydrogen-bond acceptors (Lipinski definition) is 2. The molecule has 1 atom stereocenters. The molecule has 1 aromatic rings. The van der Waals surface area contributed by atoms with Crippen LogP contribution in [-0.2, 0) is 16.1 Å². The molecule has 1 heterocycles. The predicted molar refractivity (Wildman–Crippen MR) is 83.8 cm³/mol. The van der Waals surface area contributed by atoms with Crippen molar-refractivity contribution in [1.29, 1.82) is 0 Å². The summed E-state index contributed by atoms with van der Waals surface area (Å²) in [5, 5.41) is 3.31. The number of benzene rings is 1. The van der Waals surface area contributed by atoms with Gasteiger partial charge in [0.1, 0.15) is 5.54 Å². The van der Waals surface area contributed by atoms with Gasteiger partial charge in [0.15, 0.2) is 0 Å². The molecule has 0 spiro atoms. The lowest BCUT2D eigenvalue weighted by atomic mass is 9.89. The summed E-state index contributed by atoms with van der Waals surface area (Å²) in [6.07, 6.45) is 1.98. The summed E-state index contributed by atoms with van der Waals surface area (Å²) in [5.74, 6) is 0.136. The summed E-state index contributed by atoms with van der Waals surface area (Å²) >= 11 is 9.62. The van der Waals surface area contributed by atoms with Crippen LogP contribution in [0.15, 0.2) is 22.7 Å². The van der Waals surface area contributed by atoms with Gasteiger partial charge in [-0.05, 0) is 43.4 Å². The molecule has 1 unspecified atom stereocenters. The third-order valence-electron chi connectivity index (χ3n) is 4.44. The number of hydrogen-bond donors (Lipinski definition) is 1. The van der Waals surface area contributed by atoms with E-state index in [0.29, 0.717) is 11.6 Å². The van der Waals surface area contributed by atoms with Crippen LogP contribution in [0.25, 0.3) is 0 Å². The summed E-state index contributed by atoms with van der Waals surface area (Å²) in [6.45, 7) is 2.30. The predicted octanol–water partition coefficient (Wildman–Crippen LogP) is 2.73. The van der Waals surface area contributed by atoms with Crippen LogP contribution in [0.2, 0.25) is 5.02 Å². The highest BCUT2D eigenvalue weighted by molar-refractivity contribution is 9.10. The van der Waals surface area contributed by atoms with Crippen LogP contribution in [0.5, 0.6) is 0 Å². The van der Waals surface area contributed by atoms with Crippen molar-refractivity contribution in [3.63, 3.8) is 0 Å². The first-order valence-electron chi connectivity index (χ1n) is 6.95. The Morgan fingerprint density at radius 2 is 2.14 bits per heavy atom. The molecule has 1 aromatic carbocycles. The number of carbonyl (C=O) groups excluding carboxylic acids is 2. The van der Waals surface area contributed by atoms with Gasteiger partial charge in [0.25, 0.3) is 0 Å². The molecule has 1 N–H and O–H groups in total. The first kappa shape index (κ1) is 14.9. The second kappa shape index (κ2) is 5.29. The van der Waals surface area contributed by atoms with Gasteiger partial charge in [-0.3, -0.25) is 9.59 Å². The van der Waals surface area contributed by atoms with E-state index in [1.165, 1.54) is 0 Å². The zero-order valence-electron chi connectivity index (χ0n) is 11.7. The third-order valence-corrected chi connectivity index (χ3v) is 5.28. The second-order valence-electron chi connectivity index (χ2n) is 5.82. The number of amides is 2. The van der Waals surface area contributed by atoms with Gasteiger partial charge in [-0.2, -0.15) is 0 Å². The van der Waals surface area contributed by atoms with Crippen molar-refractivity contribution in [2.45, 2.75) is 31.8 Å². The molecule has 1 saturated carbocycles. The SMILES string of the molecule is CC1(C2CC2)C(=O)NCC(=O)N1Cc1ccc(Br)cc1Cl. The largest absolute Gasteiger partial charge is 0.345 e. The number of nitrogens with zero attached hydrogens (tertiary/aromatic N) is 1. The Kier molecular flexibility index (Phi) is 3.74. The Balaban J connectivity index is 1.93. The molecule has 21 heavy (non-hydrogen) atoms. The minimum absolute atomic E-state index is 0.0528. The summed E-state index contributed by atoms with van der Waals surface area (Å²) < 4.78 is 0.893. The van der Waals surface area contributed by atoms with Crippen molar-refractivity contribution < 1.29 is 9.59 Å². The number of piperazine rings is 1. The van der Waals surface area contributed by atoms with E-state index in [1.807, 2.05) is 19.1 Å². The van der Waals surface area contributed by atoms with Crippen molar-refractivity contribution >= 4 is 39.3 Å². The Morgan fingerprint density at radius 3 is 2.76 bits per heavy atom. The molecule has 0 aromatic heterocycles. The standard InChI is InChI=1S/C15H16BrClN2O2/c1-15(10-3-4-10)14(21)18-7-13(20)19(15)8-9-2-5-11(16)6-12(9)17/h2,5-6,10H,3-4,7-8H2,1H3,(H,18,21). The minimum Gasteiger partial charge on any atom is -0.345 e. The van der Waals surface area contributed by atoms with Gasteiger partial charge in [-0.1, -0.05) is 33.6 Å². The fourth-order valence-corrected chi connectivity index (χ4v) is 3.67. The van der Waals surface area contributed by atoms with E-state index in [-0.39, 0.29) is 24.3 Å². The van der Waals surface area contributed by atoms with Crippen molar-refractivity contribution in [1.82, 2.24) is 10.2 Å². The highest BCUT2D eigenvalue weighted by Gasteiger charge is 2.54. The zero-order valence-corrected chi connectivity index (χ0v) is 14.0. The van der Waals surface area contributed by atoms with Gasteiger partial charge in [-0.15, -0.1) is 0 Å². The first-order chi connectivity index (χ1) is 9.92. The van der Waals surface area contributed by atoms with Crippen molar-refractivity contribution in [3.8, 4) is 0 Å². The number of rotatable bonds is 3. The van der Waals surface area contributed by atoms with Crippen molar-refractivity contribution in [2.24, 2.45) is 5.92 Å². The summed E-state index contributed by atoms with van der Waals surface area (Å²) in [4.78, 5) is 26.4. The molecular weight excluding hydrogens is 356 g/mol. The van der Waals surface area contributed by atoms with E-state index < -0.39 is 5.54 Å². The average Bonchev–Trinajstić information content (AvgIpc) is 3.26. The van der Waals surface area contributed by atoms with Crippen LogP contribution < -0.4 is 5.32 Å². The number of halogens is 2. The molecular formula is C15H16BrClN2O2. The lowest BCUT2D eigenvalue weighted by molar-refractivity contribution is -0.155. The lowest BCUT2D eigenvalue weighted by Gasteiger charge is -2.44. The van der Waals surface area contributed by atoms with Crippen LogP contribution in [0.4, 0.5) is 0 Å². The van der Waals surface area contributed by atoms with Crippen LogP contribution >= 0.6 is 27.5 Å². The number of carbonyl (C=O) groups is 2. The summed E-state index contributed by atoms with van der Waals surface area (Å²) in [7, 11) is 0. The average molecular weight is 372 g/mol. The summed E-state index contributed by atoms with van der Waals surface area (Å²) in [5.41, 5.74) is 0.0981. The van der Waals surface area contributed by atoms with Gasteiger partial charge in [0.05, 0.1) is 6.54 Å². The van der Waals surface area contributed by atoms with Gasteiger partial charge in [0.2, 0.25) is 11.8 Å². The molecule has 112 valence electrons. The maximum absolute atomic E-state index is 12.3. The highest BCUT2D eigenvalue weighted by Crippen LogP contribution is 2.45. The van der Waals surface area contributed by atoms with Gasteiger partial charge >= 0.3 is 0 Å². The smallest absolute Gasteiger partial charge is 0.246 e. The third kappa shape index (κ3) is 2.57. The maximum Gasteiger partial charge on any atom is 0.246 e. The molecule has 3 rings (SSSR count). The first-order valence-corrected chi connectivity index (χ1v) is 8.12. The molecule has 0 bridgehead atoms. The Hall–Kier alpha value is -1.07. The molecule has 4 nitrogen and oxygen atoms in total. The molecule has 6 heteroatoms. The number of nitrogens with one attached hydrogen (secondary N) is 1. The quantitative estimate of drug-likeness (QED) is 0.888. The normalized spacial score (nSPS) is 26.0. The van der Waals surface area contributed by atoms with E-state index in [2.05, 4.69) is 21.2 Å². The van der Waals surface area contributed by atoms with E-state index >= 15 is 0 Å². The van der Waals surface area contributed by atoms with E-state index in [4.69, 9.17) is 11.6 Å². The topological polar surface area (TPSA) is 49.4 Å². The Bertz CT molecular complexity index is 618. The van der Waals surface area contributed by atoms with E-state index in [9.17, 15) is 9.59 Å². The molecule has 1 saturated heterocycles. The molecule has 2 aliphatic rings. The maximum atomic E-state index is 12.3. The molecule has 2 fully saturated rings. The van der Waals surface area contributed by atoms with E-state index in [0.717, 1.165) is 22.9 Å². The lowest BCUT2D eigenvalue weighted by Crippen LogP contribution is -2.66. The second-order valence-corrected chi connectivity index (χ2v) is 7.14. The Labute approximate surface area is 137 Å². The van der Waals surface area contributed by atoms with Crippen LogP contribution in [0, 0.1) is 5.92 Å². The molecule has 2 amide bonds. The fourth-order valence-electron chi connectivity index (χ4n) is 2.94. The molecule has 0 radical (unpaired) electrons. The van der Waals surface area contributed by atoms with Gasteiger partial charge in [0, 0.05) is 16.0 Å². The van der Waals surface area contributed by atoms with Crippen molar-refractivity contribution in [3.05, 3.63) is 33.3 Å². The summed E-state index contributed by atoms with van der Waals surface area (Å²) in [6, 6.07) is 5.59. The highest BCUT2D eigenvalue weighted by atomic mass is 79.9. The monoisotopic (exact) mass is 370 g/mol. The van der Waals surface area contributed by atoms with Crippen molar-refractivity contribution in [2.75, 3.05) is 6.54 Å². The van der Waals surface area contributed by atoms with Gasteiger partial charge in [-0.25, -0.2) is 0 Å².